The summed E-state index contributed by atoms with van der Waals surface area (Å²) in [5.74, 6) is 0.763. The van der Waals surface area contributed by atoms with Gasteiger partial charge in [0.25, 0.3) is 5.56 Å². The zero-order chi connectivity index (χ0) is 19.2. The molecule has 4 rings (SSSR count). The summed E-state index contributed by atoms with van der Waals surface area (Å²) in [4.78, 5) is 20.5. The average Bonchev–Trinajstić information content (AvgIpc) is 3.07. The van der Waals surface area contributed by atoms with E-state index in [1.807, 2.05) is 18.2 Å². The Bertz CT molecular complexity index is 1000. The lowest BCUT2D eigenvalue weighted by molar-refractivity contribution is 0.318. The Morgan fingerprint density at radius 1 is 1.33 bits per heavy atom. The summed E-state index contributed by atoms with van der Waals surface area (Å²) in [5.41, 5.74) is 3.64. The summed E-state index contributed by atoms with van der Waals surface area (Å²) >= 11 is 0. The van der Waals surface area contributed by atoms with Crippen molar-refractivity contribution in [2.24, 2.45) is 0 Å². The third-order valence-corrected chi connectivity index (χ3v) is 4.84. The zero-order valence-corrected chi connectivity index (χ0v) is 16.0. The van der Waals surface area contributed by atoms with Gasteiger partial charge in [0.1, 0.15) is 16.8 Å². The molecule has 1 aliphatic carbocycles. The summed E-state index contributed by atoms with van der Waals surface area (Å²) in [5, 5.41) is 8.49. The summed E-state index contributed by atoms with van der Waals surface area (Å²) in [6.45, 7) is 2.62. The third-order valence-electron chi connectivity index (χ3n) is 4.84. The third kappa shape index (κ3) is 4.22. The number of aromatic nitrogens is 3. The van der Waals surface area contributed by atoms with Crippen LogP contribution in [0.3, 0.4) is 0 Å². The summed E-state index contributed by atoms with van der Waals surface area (Å²) in [6.07, 6.45) is 9.82. The van der Waals surface area contributed by atoms with Gasteiger partial charge in [0.05, 0.1) is 13.4 Å². The molecule has 3 aromatic rings. The SMILES string of the molecule is CCO.COc1ccc2[nH]c3c(=O)n(CCC4=CCCCC4)cnc3c2c1. The maximum absolute atomic E-state index is 12.8. The highest BCUT2D eigenvalue weighted by molar-refractivity contribution is 6.04. The topological polar surface area (TPSA) is 80.1 Å². The first-order chi connectivity index (χ1) is 13.2. The van der Waals surface area contributed by atoms with Crippen LogP contribution in [0.5, 0.6) is 5.75 Å². The molecule has 0 bridgehead atoms. The van der Waals surface area contributed by atoms with Crippen LogP contribution in [0.4, 0.5) is 0 Å². The number of H-pyrrole nitrogens is 1. The van der Waals surface area contributed by atoms with Crippen LogP contribution in [0.2, 0.25) is 0 Å². The number of fused-ring (bicyclic) bond motifs is 3. The second-order valence-electron chi connectivity index (χ2n) is 6.68. The van der Waals surface area contributed by atoms with E-state index < -0.39 is 0 Å². The van der Waals surface area contributed by atoms with Gasteiger partial charge in [-0.05, 0) is 57.2 Å². The van der Waals surface area contributed by atoms with Gasteiger partial charge >= 0.3 is 0 Å². The number of methoxy groups -OCH3 is 1. The van der Waals surface area contributed by atoms with Crippen LogP contribution in [0, 0.1) is 0 Å². The van der Waals surface area contributed by atoms with Gasteiger partial charge in [-0.1, -0.05) is 11.6 Å². The monoisotopic (exact) mass is 369 g/mol. The van der Waals surface area contributed by atoms with E-state index in [9.17, 15) is 4.79 Å². The Morgan fingerprint density at radius 2 is 2.15 bits per heavy atom. The Kier molecular flexibility index (Phi) is 6.29. The molecule has 0 fully saturated rings. The molecule has 0 saturated heterocycles. The standard InChI is InChI=1S/C19H21N3O2.C2H6O/c1-24-14-7-8-16-15(11-14)17-18(21-16)19(23)22(12-20-17)10-9-13-5-3-2-4-6-13;1-2-3/h5,7-8,11-12,21H,2-4,6,9-10H2,1H3;3H,2H2,1H3. The van der Waals surface area contributed by atoms with E-state index in [-0.39, 0.29) is 12.2 Å². The molecule has 0 atom stereocenters. The Morgan fingerprint density at radius 3 is 2.85 bits per heavy atom. The minimum Gasteiger partial charge on any atom is -0.497 e. The summed E-state index contributed by atoms with van der Waals surface area (Å²) in [7, 11) is 1.64. The molecule has 27 heavy (non-hydrogen) atoms. The second kappa shape index (κ2) is 8.86. The minimum atomic E-state index is -0.00780. The number of allylic oxidation sites excluding steroid dienone is 2. The van der Waals surface area contributed by atoms with Crippen molar-refractivity contribution < 1.29 is 9.84 Å². The molecule has 0 radical (unpaired) electrons. The lowest BCUT2D eigenvalue weighted by atomic mass is 9.97. The van der Waals surface area contributed by atoms with Crippen LogP contribution in [0.15, 0.2) is 41.0 Å². The molecular formula is C21H27N3O3. The van der Waals surface area contributed by atoms with Crippen molar-refractivity contribution in [1.29, 1.82) is 0 Å². The number of aliphatic hydroxyl groups is 1. The number of nitrogens with one attached hydrogen (secondary N) is 1. The first-order valence-electron chi connectivity index (χ1n) is 9.51. The van der Waals surface area contributed by atoms with Gasteiger partial charge in [0.15, 0.2) is 0 Å². The van der Waals surface area contributed by atoms with Crippen molar-refractivity contribution in [3.63, 3.8) is 0 Å². The largest absolute Gasteiger partial charge is 0.497 e. The van der Waals surface area contributed by atoms with Crippen LogP contribution in [0.25, 0.3) is 21.9 Å². The fraction of sp³-hybridized carbons (Fsp3) is 0.429. The van der Waals surface area contributed by atoms with Crippen LogP contribution in [-0.2, 0) is 6.54 Å². The molecule has 144 valence electrons. The van der Waals surface area contributed by atoms with Gasteiger partial charge in [0.2, 0.25) is 0 Å². The van der Waals surface area contributed by atoms with Crippen LogP contribution in [-0.4, -0.2) is 33.4 Å². The van der Waals surface area contributed by atoms with Gasteiger partial charge in [-0.3, -0.25) is 9.36 Å². The average molecular weight is 369 g/mol. The molecule has 6 heteroatoms. The molecule has 0 spiro atoms. The molecule has 6 nitrogen and oxygen atoms in total. The van der Waals surface area contributed by atoms with Crippen molar-refractivity contribution in [3.8, 4) is 5.75 Å². The van der Waals surface area contributed by atoms with E-state index in [4.69, 9.17) is 9.84 Å². The fourth-order valence-corrected chi connectivity index (χ4v) is 3.45. The first kappa shape index (κ1) is 19.2. The van der Waals surface area contributed by atoms with E-state index in [0.29, 0.717) is 17.6 Å². The fourth-order valence-electron chi connectivity index (χ4n) is 3.45. The number of aryl methyl sites for hydroxylation is 1. The predicted molar refractivity (Wildman–Crippen MR) is 108 cm³/mol. The number of rotatable bonds is 4. The van der Waals surface area contributed by atoms with Gasteiger partial charge in [-0.2, -0.15) is 0 Å². The lowest BCUT2D eigenvalue weighted by Crippen LogP contribution is -2.21. The van der Waals surface area contributed by atoms with E-state index in [0.717, 1.165) is 29.5 Å². The zero-order valence-electron chi connectivity index (χ0n) is 16.0. The molecular weight excluding hydrogens is 342 g/mol. The molecule has 2 aromatic heterocycles. The summed E-state index contributed by atoms with van der Waals surface area (Å²) < 4.78 is 6.98. The first-order valence-corrected chi connectivity index (χ1v) is 9.51. The van der Waals surface area contributed by atoms with Crippen molar-refractivity contribution in [2.45, 2.75) is 45.6 Å². The highest BCUT2D eigenvalue weighted by atomic mass is 16.5. The highest BCUT2D eigenvalue weighted by Crippen LogP contribution is 2.26. The highest BCUT2D eigenvalue weighted by Gasteiger charge is 2.12. The smallest absolute Gasteiger partial charge is 0.277 e. The number of aliphatic hydroxyl groups excluding tert-OH is 1. The molecule has 1 aliphatic rings. The maximum Gasteiger partial charge on any atom is 0.277 e. The van der Waals surface area contributed by atoms with Crippen molar-refractivity contribution in [3.05, 3.63) is 46.5 Å². The van der Waals surface area contributed by atoms with E-state index in [1.54, 1.807) is 24.9 Å². The van der Waals surface area contributed by atoms with E-state index in [1.165, 1.54) is 24.8 Å². The van der Waals surface area contributed by atoms with Gasteiger partial charge in [0, 0.05) is 24.1 Å². The van der Waals surface area contributed by atoms with E-state index >= 15 is 0 Å². The second-order valence-corrected chi connectivity index (χ2v) is 6.68. The van der Waals surface area contributed by atoms with Crippen LogP contribution < -0.4 is 10.3 Å². The molecule has 0 unspecified atom stereocenters. The van der Waals surface area contributed by atoms with Crippen molar-refractivity contribution in [1.82, 2.24) is 14.5 Å². The molecule has 2 N–H and O–H groups in total. The molecule has 0 saturated carbocycles. The quantitative estimate of drug-likeness (QED) is 0.686. The predicted octanol–water partition coefficient (Wildman–Crippen LogP) is 3.78. The van der Waals surface area contributed by atoms with Crippen molar-refractivity contribution >= 4 is 21.9 Å². The minimum absolute atomic E-state index is 0.00780. The van der Waals surface area contributed by atoms with Crippen LogP contribution >= 0.6 is 0 Å². The Labute approximate surface area is 158 Å². The Hall–Kier alpha value is -2.60. The normalized spacial score (nSPS) is 14.0. The summed E-state index contributed by atoms with van der Waals surface area (Å²) in [6, 6.07) is 5.72. The van der Waals surface area contributed by atoms with Crippen LogP contribution in [0.1, 0.15) is 39.0 Å². The number of benzene rings is 1. The maximum atomic E-state index is 12.8. The number of aromatic amines is 1. The number of hydrogen-bond donors (Lipinski definition) is 2. The lowest BCUT2D eigenvalue weighted by Gasteiger charge is -2.13. The van der Waals surface area contributed by atoms with E-state index in [2.05, 4.69) is 16.0 Å². The number of ether oxygens (including phenoxy) is 1. The number of nitrogens with zero attached hydrogens (tertiary/aromatic N) is 2. The van der Waals surface area contributed by atoms with Crippen molar-refractivity contribution in [2.75, 3.05) is 13.7 Å². The van der Waals surface area contributed by atoms with Gasteiger partial charge in [-0.15, -0.1) is 0 Å². The molecule has 0 amide bonds. The van der Waals surface area contributed by atoms with Gasteiger partial charge < -0.3 is 14.8 Å². The number of hydrogen-bond acceptors (Lipinski definition) is 4. The Balaban J connectivity index is 0.000000659. The molecule has 2 heterocycles. The molecule has 0 aliphatic heterocycles. The van der Waals surface area contributed by atoms with Gasteiger partial charge in [-0.25, -0.2) is 4.98 Å². The molecule has 1 aromatic carbocycles.